The summed E-state index contributed by atoms with van der Waals surface area (Å²) in [4.78, 5) is 56.6. The van der Waals surface area contributed by atoms with Gasteiger partial charge in [0.25, 0.3) is 11.8 Å². The molecule has 1 N–H and O–H groups in total. The Bertz CT molecular complexity index is 970. The fourth-order valence-electron chi connectivity index (χ4n) is 5.00. The van der Waals surface area contributed by atoms with Gasteiger partial charge in [0.05, 0.1) is 23.5 Å². The number of rotatable bonds is 7. The summed E-state index contributed by atoms with van der Waals surface area (Å²) in [5.41, 5.74) is 0.146. The molecule has 6 atom stereocenters. The van der Waals surface area contributed by atoms with Crippen LogP contribution in [-0.4, -0.2) is 46.7 Å². The van der Waals surface area contributed by atoms with Gasteiger partial charge < -0.3 is 19.6 Å². The van der Waals surface area contributed by atoms with Crippen LogP contribution < -0.4 is 5.32 Å². The Morgan fingerprint density at radius 1 is 1.06 bits per heavy atom. The third-order valence-corrected chi connectivity index (χ3v) is 6.36. The van der Waals surface area contributed by atoms with Crippen molar-refractivity contribution in [2.45, 2.75) is 58.5 Å². The normalized spacial score (nSPS) is 26.9. The van der Waals surface area contributed by atoms with Crippen LogP contribution >= 0.6 is 0 Å². The molecule has 1 aromatic rings. The summed E-state index contributed by atoms with van der Waals surface area (Å²) >= 11 is 0. The van der Waals surface area contributed by atoms with Crippen molar-refractivity contribution in [1.82, 2.24) is 10.4 Å². The van der Waals surface area contributed by atoms with E-state index in [1.165, 1.54) is 0 Å². The molecule has 0 aromatic heterocycles. The van der Waals surface area contributed by atoms with Crippen LogP contribution in [0.5, 0.6) is 0 Å². The topological polar surface area (TPSA) is 111 Å². The van der Waals surface area contributed by atoms with E-state index in [1.807, 2.05) is 30.4 Å². The van der Waals surface area contributed by atoms with E-state index in [2.05, 4.69) is 5.32 Å². The average molecular weight is 471 g/mol. The summed E-state index contributed by atoms with van der Waals surface area (Å²) in [5, 5.41) is 3.04. The molecule has 2 fully saturated rings. The first-order valence-corrected chi connectivity index (χ1v) is 11.5. The molecule has 9 heteroatoms. The lowest BCUT2D eigenvalue weighted by molar-refractivity contribution is -0.204. The largest absolute Gasteiger partial charge is 0.445 e. The van der Waals surface area contributed by atoms with Gasteiger partial charge in [0.1, 0.15) is 6.61 Å². The van der Waals surface area contributed by atoms with Crippen LogP contribution in [0.2, 0.25) is 0 Å². The molecule has 1 heterocycles. The van der Waals surface area contributed by atoms with Gasteiger partial charge in [0.2, 0.25) is 0 Å². The Hall–Kier alpha value is -3.20. The predicted molar refractivity (Wildman–Crippen MR) is 120 cm³/mol. The van der Waals surface area contributed by atoms with Gasteiger partial charge in [-0.3, -0.25) is 9.59 Å². The van der Waals surface area contributed by atoms with Crippen LogP contribution in [0.1, 0.15) is 39.7 Å². The molecule has 4 rings (SSSR count). The number of hydroxylamine groups is 2. The van der Waals surface area contributed by atoms with E-state index in [0.717, 1.165) is 12.0 Å². The molecule has 3 aliphatic rings. The number of hydrogen-bond donors (Lipinski definition) is 1. The van der Waals surface area contributed by atoms with Crippen molar-refractivity contribution in [2.75, 3.05) is 0 Å². The smallest absolute Gasteiger partial charge is 0.408 e. The Kier molecular flexibility index (Phi) is 6.49. The van der Waals surface area contributed by atoms with E-state index >= 15 is 0 Å². The SMILES string of the molecule is C[C@H](OC(C)(C)C)[C@@H](NC(=O)OCc1ccccc1)C(=O)ON1C(=O)[C@@H]2[C@H](C1=O)[C@H]1C=C[C@H]2C1. The molecule has 2 aliphatic carbocycles. The second-order valence-electron chi connectivity index (χ2n) is 10.0. The van der Waals surface area contributed by atoms with Crippen LogP contribution in [0, 0.1) is 23.7 Å². The summed E-state index contributed by atoms with van der Waals surface area (Å²) in [5.74, 6) is -3.04. The Morgan fingerprint density at radius 2 is 1.65 bits per heavy atom. The summed E-state index contributed by atoms with van der Waals surface area (Å²) in [6.45, 7) is 7.01. The van der Waals surface area contributed by atoms with Crippen molar-refractivity contribution in [1.29, 1.82) is 0 Å². The van der Waals surface area contributed by atoms with Gasteiger partial charge in [-0.25, -0.2) is 9.59 Å². The van der Waals surface area contributed by atoms with E-state index in [1.54, 1.807) is 39.8 Å². The van der Waals surface area contributed by atoms with Gasteiger partial charge in [-0.15, -0.1) is 5.06 Å². The number of carbonyl (C=O) groups is 4. The van der Waals surface area contributed by atoms with Gasteiger partial charge in [0.15, 0.2) is 6.04 Å². The molecule has 1 aromatic carbocycles. The standard InChI is InChI=1S/C25H30N2O7/c1-14(33-25(2,3)4)20(26-24(31)32-13-15-8-6-5-7-9-15)23(30)34-27-21(28)18-16-10-11-17(12-16)19(18)22(27)29/h5-11,14,16-20H,12-13H2,1-4H3,(H,26,31)/t14-,16-,17-,18-,19+,20+/m0/s1. The number of hydrogen-bond acceptors (Lipinski definition) is 7. The molecule has 2 bridgehead atoms. The van der Waals surface area contributed by atoms with Gasteiger partial charge in [-0.05, 0) is 51.5 Å². The highest BCUT2D eigenvalue weighted by Gasteiger charge is 2.61. The second-order valence-corrected chi connectivity index (χ2v) is 10.0. The van der Waals surface area contributed by atoms with Crippen molar-refractivity contribution in [2.24, 2.45) is 23.7 Å². The number of benzene rings is 1. The lowest BCUT2D eigenvalue weighted by atomic mass is 9.85. The van der Waals surface area contributed by atoms with Crippen LogP contribution in [0.15, 0.2) is 42.5 Å². The highest BCUT2D eigenvalue weighted by Crippen LogP contribution is 2.52. The number of nitrogens with zero attached hydrogens (tertiary/aromatic N) is 1. The fraction of sp³-hybridized carbons (Fsp3) is 0.520. The lowest BCUT2D eigenvalue weighted by Gasteiger charge is -2.30. The number of carbonyl (C=O) groups excluding carboxylic acids is 4. The summed E-state index contributed by atoms with van der Waals surface area (Å²) in [6.07, 6.45) is 2.99. The molecule has 9 nitrogen and oxygen atoms in total. The zero-order chi connectivity index (χ0) is 24.6. The van der Waals surface area contributed by atoms with Crippen LogP contribution in [0.3, 0.4) is 0 Å². The second kappa shape index (κ2) is 9.21. The predicted octanol–water partition coefficient (Wildman–Crippen LogP) is 2.75. The van der Waals surface area contributed by atoms with E-state index in [9.17, 15) is 19.2 Å². The van der Waals surface area contributed by atoms with E-state index in [-0.39, 0.29) is 18.4 Å². The van der Waals surface area contributed by atoms with Crippen molar-refractivity contribution >= 4 is 23.9 Å². The van der Waals surface area contributed by atoms with Crippen LogP contribution in [0.4, 0.5) is 4.79 Å². The first kappa shape index (κ1) is 23.9. The number of alkyl carbamates (subject to hydrolysis) is 1. The number of imide groups is 1. The van der Waals surface area contributed by atoms with Crippen molar-refractivity contribution in [3.05, 3.63) is 48.0 Å². The van der Waals surface area contributed by atoms with Crippen LogP contribution in [0.25, 0.3) is 0 Å². The molecule has 0 unspecified atom stereocenters. The molecule has 182 valence electrons. The molecule has 34 heavy (non-hydrogen) atoms. The van der Waals surface area contributed by atoms with Gasteiger partial charge >= 0.3 is 12.1 Å². The fourth-order valence-corrected chi connectivity index (χ4v) is 5.00. The molecule has 1 saturated heterocycles. The van der Waals surface area contributed by atoms with Crippen molar-refractivity contribution in [3.63, 3.8) is 0 Å². The lowest BCUT2D eigenvalue weighted by Crippen LogP contribution is -2.53. The summed E-state index contributed by atoms with van der Waals surface area (Å²) in [7, 11) is 0. The minimum Gasteiger partial charge on any atom is -0.445 e. The number of nitrogens with one attached hydrogen (secondary N) is 1. The van der Waals surface area contributed by atoms with Gasteiger partial charge in [0, 0.05) is 0 Å². The van der Waals surface area contributed by atoms with Gasteiger partial charge in [-0.2, -0.15) is 0 Å². The molecule has 0 radical (unpaired) electrons. The highest BCUT2D eigenvalue weighted by atomic mass is 16.7. The van der Waals surface area contributed by atoms with Gasteiger partial charge in [-0.1, -0.05) is 42.5 Å². The van der Waals surface area contributed by atoms with E-state index in [4.69, 9.17) is 14.3 Å². The molecular weight excluding hydrogens is 440 g/mol. The minimum absolute atomic E-state index is 0.00514. The zero-order valence-electron chi connectivity index (χ0n) is 19.7. The molecule has 3 amide bonds. The maximum atomic E-state index is 13.1. The number of ether oxygens (including phenoxy) is 2. The number of allylic oxidation sites excluding steroid dienone is 2. The van der Waals surface area contributed by atoms with Crippen molar-refractivity contribution in [3.8, 4) is 0 Å². The number of amides is 3. The van der Waals surface area contributed by atoms with E-state index < -0.39 is 53.5 Å². The Morgan fingerprint density at radius 3 is 2.21 bits per heavy atom. The van der Waals surface area contributed by atoms with Crippen LogP contribution in [-0.2, 0) is 35.3 Å². The summed E-state index contributed by atoms with van der Waals surface area (Å²) in [6, 6.07) is 7.77. The quantitative estimate of drug-likeness (QED) is 0.482. The number of fused-ring (bicyclic) bond motifs is 5. The molecule has 1 aliphatic heterocycles. The first-order valence-electron chi connectivity index (χ1n) is 11.5. The summed E-state index contributed by atoms with van der Waals surface area (Å²) < 4.78 is 11.1. The monoisotopic (exact) mass is 470 g/mol. The first-order chi connectivity index (χ1) is 16.0. The maximum absolute atomic E-state index is 13.1. The molecule has 1 saturated carbocycles. The molecule has 0 spiro atoms. The highest BCUT2D eigenvalue weighted by molar-refractivity contribution is 6.06. The maximum Gasteiger partial charge on any atom is 0.408 e. The van der Waals surface area contributed by atoms with Crippen molar-refractivity contribution < 1.29 is 33.5 Å². The van der Waals surface area contributed by atoms with E-state index in [0.29, 0.717) is 5.06 Å². The third-order valence-electron chi connectivity index (χ3n) is 6.36. The Labute approximate surface area is 198 Å². The minimum atomic E-state index is -1.31. The third kappa shape index (κ3) is 4.84. The average Bonchev–Trinajstić information content (AvgIpc) is 3.45. The zero-order valence-corrected chi connectivity index (χ0v) is 19.7. The Balaban J connectivity index is 1.44. The molecular formula is C25H30N2O7.